The third-order valence-corrected chi connectivity index (χ3v) is 6.95. The number of phenolic OH excluding ortho intramolecular Hbond substituents is 1. The van der Waals surface area contributed by atoms with E-state index in [-0.39, 0.29) is 17.1 Å². The molecule has 28 heavy (non-hydrogen) atoms. The summed E-state index contributed by atoms with van der Waals surface area (Å²) < 4.78 is 13.1. The summed E-state index contributed by atoms with van der Waals surface area (Å²) in [6, 6.07) is 11.8. The molecule has 2 aromatic rings. The standard InChI is InChI=1S/C23H27FN2O2/c1-15-21-13-17-5-8-19(27)14-20(17)23(15,10-12-26(21)2)9-11-25-22(28)16-3-6-18(24)7-4-16/h3-8,14-15,21,27H,9-13H2,1-2H3,(H,25,28)/t15-,21+,23+/m0/s1. The van der Waals surface area contributed by atoms with Gasteiger partial charge in [-0.1, -0.05) is 13.0 Å². The summed E-state index contributed by atoms with van der Waals surface area (Å²) in [5.41, 5.74) is 2.95. The smallest absolute Gasteiger partial charge is 0.251 e. The molecule has 0 saturated carbocycles. The summed E-state index contributed by atoms with van der Waals surface area (Å²) in [7, 11) is 2.19. The summed E-state index contributed by atoms with van der Waals surface area (Å²) in [6.45, 7) is 3.86. The van der Waals surface area contributed by atoms with E-state index in [1.165, 1.54) is 35.4 Å². The van der Waals surface area contributed by atoms with Crippen molar-refractivity contribution in [2.24, 2.45) is 5.92 Å². The Labute approximate surface area is 165 Å². The Morgan fingerprint density at radius 1 is 1.29 bits per heavy atom. The van der Waals surface area contributed by atoms with E-state index in [2.05, 4.69) is 30.3 Å². The highest BCUT2D eigenvalue weighted by atomic mass is 19.1. The van der Waals surface area contributed by atoms with Crippen LogP contribution in [0.2, 0.25) is 0 Å². The molecule has 1 amide bonds. The van der Waals surface area contributed by atoms with Crippen LogP contribution in [0.15, 0.2) is 42.5 Å². The van der Waals surface area contributed by atoms with Crippen LogP contribution in [0.1, 0.15) is 41.3 Å². The second-order valence-corrected chi connectivity index (χ2v) is 8.30. The van der Waals surface area contributed by atoms with E-state index in [1.54, 1.807) is 6.07 Å². The van der Waals surface area contributed by atoms with Crippen molar-refractivity contribution in [3.8, 4) is 5.75 Å². The number of halogens is 1. The zero-order valence-corrected chi connectivity index (χ0v) is 16.4. The molecule has 4 nitrogen and oxygen atoms in total. The first-order valence-electron chi connectivity index (χ1n) is 9.97. The normalized spacial score (nSPS) is 26.5. The number of nitrogens with zero attached hydrogens (tertiary/aromatic N) is 1. The quantitative estimate of drug-likeness (QED) is 0.851. The summed E-state index contributed by atoms with van der Waals surface area (Å²) in [5.74, 6) is 0.210. The fraction of sp³-hybridized carbons (Fsp3) is 0.435. The summed E-state index contributed by atoms with van der Waals surface area (Å²) in [4.78, 5) is 14.9. The van der Waals surface area contributed by atoms with E-state index >= 15 is 0 Å². The number of carbonyl (C=O) groups excluding carboxylic acids is 1. The van der Waals surface area contributed by atoms with Gasteiger partial charge in [0, 0.05) is 23.6 Å². The maximum Gasteiger partial charge on any atom is 0.251 e. The van der Waals surface area contributed by atoms with Crippen LogP contribution in [0.3, 0.4) is 0 Å². The number of nitrogens with one attached hydrogen (secondary N) is 1. The molecule has 0 unspecified atom stereocenters. The molecule has 1 saturated heterocycles. The summed E-state index contributed by atoms with van der Waals surface area (Å²) >= 11 is 0. The fourth-order valence-electron chi connectivity index (χ4n) is 5.25. The largest absolute Gasteiger partial charge is 0.508 e. The monoisotopic (exact) mass is 382 g/mol. The zero-order valence-electron chi connectivity index (χ0n) is 16.4. The highest BCUT2D eigenvalue weighted by Crippen LogP contribution is 2.51. The molecule has 0 radical (unpaired) electrons. The number of rotatable bonds is 4. The lowest BCUT2D eigenvalue weighted by atomic mass is 9.56. The average molecular weight is 382 g/mol. The lowest BCUT2D eigenvalue weighted by molar-refractivity contribution is 0.0358. The Bertz CT molecular complexity index is 883. The first-order valence-corrected chi connectivity index (χ1v) is 9.97. The minimum atomic E-state index is -0.347. The van der Waals surface area contributed by atoms with Crippen molar-refractivity contribution in [1.82, 2.24) is 10.2 Å². The van der Waals surface area contributed by atoms with Gasteiger partial charge in [-0.2, -0.15) is 0 Å². The highest BCUT2D eigenvalue weighted by Gasteiger charge is 2.50. The molecule has 0 spiro atoms. The van der Waals surface area contributed by atoms with Gasteiger partial charge in [0.1, 0.15) is 11.6 Å². The van der Waals surface area contributed by atoms with Gasteiger partial charge in [-0.15, -0.1) is 0 Å². The third kappa shape index (κ3) is 3.18. The number of likely N-dealkylation sites (tertiary alicyclic amines) is 1. The van der Waals surface area contributed by atoms with Gasteiger partial charge >= 0.3 is 0 Å². The van der Waals surface area contributed by atoms with E-state index in [0.717, 1.165) is 25.8 Å². The van der Waals surface area contributed by atoms with Crippen LogP contribution in [0.5, 0.6) is 5.75 Å². The van der Waals surface area contributed by atoms with E-state index < -0.39 is 0 Å². The van der Waals surface area contributed by atoms with Crippen LogP contribution in [0.25, 0.3) is 0 Å². The summed E-state index contributed by atoms with van der Waals surface area (Å²) in [6.07, 6.45) is 2.82. The van der Waals surface area contributed by atoms with Gasteiger partial charge in [0.2, 0.25) is 0 Å². The molecule has 1 aliphatic heterocycles. The summed E-state index contributed by atoms with van der Waals surface area (Å²) in [5, 5.41) is 13.1. The van der Waals surface area contributed by atoms with Crippen LogP contribution in [0, 0.1) is 11.7 Å². The number of benzene rings is 2. The number of fused-ring (bicyclic) bond motifs is 4. The van der Waals surface area contributed by atoms with Gasteiger partial charge in [-0.05, 0) is 86.3 Å². The Balaban J connectivity index is 1.56. The Hall–Kier alpha value is -2.40. The predicted molar refractivity (Wildman–Crippen MR) is 107 cm³/mol. The van der Waals surface area contributed by atoms with Crippen molar-refractivity contribution in [2.45, 2.75) is 37.6 Å². The molecule has 3 atom stereocenters. The maximum atomic E-state index is 13.1. The first-order chi connectivity index (χ1) is 13.4. The van der Waals surface area contributed by atoms with Gasteiger partial charge in [-0.3, -0.25) is 4.79 Å². The second kappa shape index (κ2) is 7.21. The van der Waals surface area contributed by atoms with E-state index in [1.807, 2.05) is 6.07 Å². The van der Waals surface area contributed by atoms with Gasteiger partial charge in [0.05, 0.1) is 0 Å². The number of hydrogen-bond donors (Lipinski definition) is 2. The van der Waals surface area contributed by atoms with Crippen LogP contribution >= 0.6 is 0 Å². The van der Waals surface area contributed by atoms with E-state index in [4.69, 9.17) is 0 Å². The van der Waals surface area contributed by atoms with Gasteiger partial charge in [0.25, 0.3) is 5.91 Å². The van der Waals surface area contributed by atoms with Gasteiger partial charge in [-0.25, -0.2) is 4.39 Å². The Morgan fingerprint density at radius 3 is 2.79 bits per heavy atom. The molecule has 0 aromatic heterocycles. The lowest BCUT2D eigenvalue weighted by Gasteiger charge is -2.55. The number of hydrogen-bond acceptors (Lipinski definition) is 3. The molecule has 2 bridgehead atoms. The van der Waals surface area contributed by atoms with E-state index in [9.17, 15) is 14.3 Å². The molecule has 2 aromatic carbocycles. The molecule has 148 valence electrons. The molecule has 5 heteroatoms. The molecular weight excluding hydrogens is 355 g/mol. The SMILES string of the molecule is C[C@H]1[C@H]2Cc3ccc(O)cc3[C@]1(CCNC(=O)c1ccc(F)cc1)CCN2C. The van der Waals surface area contributed by atoms with Crippen molar-refractivity contribution < 1.29 is 14.3 Å². The third-order valence-electron chi connectivity index (χ3n) is 6.95. The van der Waals surface area contributed by atoms with Crippen LogP contribution in [-0.4, -0.2) is 42.1 Å². The maximum absolute atomic E-state index is 13.1. The van der Waals surface area contributed by atoms with Crippen molar-refractivity contribution in [1.29, 1.82) is 0 Å². The highest BCUT2D eigenvalue weighted by molar-refractivity contribution is 5.94. The molecular formula is C23H27FN2O2. The number of aromatic hydroxyl groups is 1. The minimum Gasteiger partial charge on any atom is -0.508 e. The molecule has 1 fully saturated rings. The van der Waals surface area contributed by atoms with Gasteiger partial charge < -0.3 is 15.3 Å². The van der Waals surface area contributed by atoms with Crippen molar-refractivity contribution in [2.75, 3.05) is 20.1 Å². The van der Waals surface area contributed by atoms with Crippen LogP contribution in [-0.2, 0) is 11.8 Å². The average Bonchev–Trinajstić information content (AvgIpc) is 2.67. The molecule has 1 aliphatic carbocycles. The first kappa shape index (κ1) is 18.9. The molecule has 1 heterocycles. The Morgan fingerprint density at radius 2 is 2.04 bits per heavy atom. The molecule has 4 rings (SSSR count). The number of phenols is 1. The van der Waals surface area contributed by atoms with Crippen molar-refractivity contribution >= 4 is 5.91 Å². The van der Waals surface area contributed by atoms with Crippen LogP contribution < -0.4 is 5.32 Å². The fourth-order valence-corrected chi connectivity index (χ4v) is 5.25. The topological polar surface area (TPSA) is 52.6 Å². The van der Waals surface area contributed by atoms with Gasteiger partial charge in [0.15, 0.2) is 0 Å². The zero-order chi connectivity index (χ0) is 19.9. The van der Waals surface area contributed by atoms with Crippen LogP contribution in [0.4, 0.5) is 4.39 Å². The van der Waals surface area contributed by atoms with E-state index in [0.29, 0.717) is 29.8 Å². The number of carbonyl (C=O) groups is 1. The number of likely N-dealkylation sites (N-methyl/N-ethyl adjacent to an activating group) is 1. The van der Waals surface area contributed by atoms with Crippen molar-refractivity contribution in [3.63, 3.8) is 0 Å². The predicted octanol–water partition coefficient (Wildman–Crippen LogP) is 3.49. The Kier molecular flexibility index (Phi) is 4.88. The lowest BCUT2D eigenvalue weighted by Crippen LogP contribution is -2.58. The second-order valence-electron chi connectivity index (χ2n) is 8.30. The molecule has 2 aliphatic rings. The number of amides is 1. The minimum absolute atomic E-state index is 0.0560. The molecule has 2 N–H and O–H groups in total. The number of piperidine rings is 1. The van der Waals surface area contributed by atoms with Crippen molar-refractivity contribution in [3.05, 3.63) is 65.0 Å².